The van der Waals surface area contributed by atoms with Crippen molar-refractivity contribution in [2.24, 2.45) is 5.41 Å². The van der Waals surface area contributed by atoms with Crippen LogP contribution in [0.25, 0.3) is 10.9 Å². The Morgan fingerprint density at radius 1 is 1.27 bits per heavy atom. The second kappa shape index (κ2) is 6.50. The summed E-state index contributed by atoms with van der Waals surface area (Å²) in [5.41, 5.74) is 1.41. The molecule has 1 amide bonds. The molecule has 3 rings (SSSR count). The van der Waals surface area contributed by atoms with Crippen LogP contribution in [0.1, 0.15) is 65.1 Å². The summed E-state index contributed by atoms with van der Waals surface area (Å²) in [5.74, 6) is -0.248. The molecular weight excluding hydrogens is 330 g/mol. The molecule has 2 aromatic rings. The van der Waals surface area contributed by atoms with Crippen molar-refractivity contribution in [3.05, 3.63) is 40.4 Å². The second-order valence-corrected chi connectivity index (χ2v) is 8.35. The van der Waals surface area contributed by atoms with Crippen LogP contribution in [0.3, 0.4) is 0 Å². The van der Waals surface area contributed by atoms with E-state index in [2.05, 4.69) is 10.4 Å². The topological polar surface area (TPSA) is 84.2 Å². The molecule has 0 radical (unpaired) electrons. The van der Waals surface area contributed by atoms with Crippen LogP contribution < -0.4 is 11.0 Å². The number of nitrogens with zero attached hydrogens (tertiary/aromatic N) is 2. The van der Waals surface area contributed by atoms with Gasteiger partial charge in [-0.3, -0.25) is 15.0 Å². The quantitative estimate of drug-likeness (QED) is 0.885. The minimum atomic E-state index is -0.907. The Morgan fingerprint density at radius 3 is 2.50 bits per heavy atom. The first-order valence-corrected chi connectivity index (χ1v) is 9.19. The van der Waals surface area contributed by atoms with Crippen molar-refractivity contribution in [2.75, 3.05) is 5.43 Å². The van der Waals surface area contributed by atoms with Crippen LogP contribution in [0.4, 0.5) is 0 Å². The van der Waals surface area contributed by atoms with Crippen molar-refractivity contribution in [1.82, 2.24) is 9.66 Å². The van der Waals surface area contributed by atoms with Gasteiger partial charge in [0.15, 0.2) is 0 Å². The molecule has 0 aliphatic heterocycles. The molecule has 1 atom stereocenters. The van der Waals surface area contributed by atoms with Crippen LogP contribution in [0.5, 0.6) is 0 Å². The van der Waals surface area contributed by atoms with Gasteiger partial charge in [0.25, 0.3) is 5.56 Å². The smallest absolute Gasteiger partial charge is 0.280 e. The molecule has 1 unspecified atom stereocenters. The van der Waals surface area contributed by atoms with Crippen molar-refractivity contribution in [3.63, 3.8) is 0 Å². The number of benzene rings is 1. The first kappa shape index (κ1) is 18.6. The van der Waals surface area contributed by atoms with E-state index in [-0.39, 0.29) is 17.4 Å². The molecule has 0 saturated heterocycles. The van der Waals surface area contributed by atoms with Gasteiger partial charge in [0.2, 0.25) is 5.91 Å². The third kappa shape index (κ3) is 3.26. The molecule has 1 saturated carbocycles. The number of aromatic nitrogens is 2. The van der Waals surface area contributed by atoms with Gasteiger partial charge in [-0.1, -0.05) is 52.7 Å². The first-order valence-electron chi connectivity index (χ1n) is 9.19. The van der Waals surface area contributed by atoms with Crippen molar-refractivity contribution in [2.45, 2.75) is 64.9 Å². The van der Waals surface area contributed by atoms with Gasteiger partial charge < -0.3 is 5.11 Å². The predicted octanol–water partition coefficient (Wildman–Crippen LogP) is 2.92. The fraction of sp³-hybridized carbons (Fsp3) is 0.550. The molecule has 6 nitrogen and oxygen atoms in total. The Bertz CT molecular complexity index is 889. The Labute approximate surface area is 153 Å². The summed E-state index contributed by atoms with van der Waals surface area (Å²) in [6, 6.07) is 7.07. The van der Waals surface area contributed by atoms with Gasteiger partial charge in [-0.2, -0.15) is 0 Å². The van der Waals surface area contributed by atoms with Crippen LogP contribution >= 0.6 is 0 Å². The summed E-state index contributed by atoms with van der Waals surface area (Å²) >= 11 is 0. The lowest BCUT2D eigenvalue weighted by atomic mass is 9.86. The lowest BCUT2D eigenvalue weighted by Gasteiger charge is -2.31. The maximum Gasteiger partial charge on any atom is 0.280 e. The fourth-order valence-corrected chi connectivity index (χ4v) is 3.48. The van der Waals surface area contributed by atoms with Gasteiger partial charge >= 0.3 is 0 Å². The van der Waals surface area contributed by atoms with E-state index >= 15 is 0 Å². The predicted molar refractivity (Wildman–Crippen MR) is 102 cm³/mol. The molecule has 1 heterocycles. The molecule has 6 heteroatoms. The number of carbonyl (C=O) groups excluding carboxylic acids is 1. The minimum absolute atomic E-state index is 0.274. The molecule has 0 spiro atoms. The zero-order valence-corrected chi connectivity index (χ0v) is 15.9. The summed E-state index contributed by atoms with van der Waals surface area (Å²) < 4.78 is 1.23. The Hall–Kier alpha value is -2.21. The van der Waals surface area contributed by atoms with E-state index in [1.54, 1.807) is 39.0 Å². The van der Waals surface area contributed by atoms with Crippen LogP contribution in [-0.4, -0.2) is 26.3 Å². The highest BCUT2D eigenvalue weighted by Gasteiger charge is 2.40. The molecule has 140 valence electrons. The Kier molecular flexibility index (Phi) is 4.65. The van der Waals surface area contributed by atoms with Gasteiger partial charge in [-0.05, 0) is 25.0 Å². The lowest BCUT2D eigenvalue weighted by molar-refractivity contribution is -0.124. The summed E-state index contributed by atoms with van der Waals surface area (Å²) in [5, 5.41) is 11.5. The van der Waals surface area contributed by atoms with Crippen LogP contribution in [0, 0.1) is 5.41 Å². The van der Waals surface area contributed by atoms with Crippen LogP contribution in [0.2, 0.25) is 0 Å². The SMILES string of the molecule is CC(c1nc2ccccc2c(=O)n1NC(=O)C(C)(C)C)C1(O)CCCC1. The van der Waals surface area contributed by atoms with Gasteiger partial charge in [-0.25, -0.2) is 9.66 Å². The average Bonchev–Trinajstić information content (AvgIpc) is 3.03. The van der Waals surface area contributed by atoms with Crippen LogP contribution in [-0.2, 0) is 4.79 Å². The summed E-state index contributed by atoms with van der Waals surface area (Å²) in [6.07, 6.45) is 3.24. The number of rotatable bonds is 3. The fourth-order valence-electron chi connectivity index (χ4n) is 3.48. The number of nitrogens with one attached hydrogen (secondary N) is 1. The number of amides is 1. The normalized spacial score (nSPS) is 18.0. The van der Waals surface area contributed by atoms with Gasteiger partial charge in [0.1, 0.15) is 5.82 Å². The summed E-state index contributed by atoms with van der Waals surface area (Å²) in [4.78, 5) is 30.2. The average molecular weight is 357 g/mol. The second-order valence-electron chi connectivity index (χ2n) is 8.35. The van der Waals surface area contributed by atoms with E-state index in [1.165, 1.54) is 4.68 Å². The van der Waals surface area contributed by atoms with Crippen LogP contribution in [0.15, 0.2) is 29.1 Å². The molecule has 2 N–H and O–H groups in total. The zero-order valence-electron chi connectivity index (χ0n) is 15.9. The zero-order chi connectivity index (χ0) is 19.1. The number of hydrogen-bond acceptors (Lipinski definition) is 4. The molecule has 1 fully saturated rings. The van der Waals surface area contributed by atoms with E-state index in [1.807, 2.05) is 13.0 Å². The highest BCUT2D eigenvalue weighted by Crippen LogP contribution is 2.40. The van der Waals surface area contributed by atoms with E-state index in [9.17, 15) is 14.7 Å². The lowest BCUT2D eigenvalue weighted by Crippen LogP contribution is -2.44. The highest BCUT2D eigenvalue weighted by molar-refractivity contribution is 5.89. The van der Waals surface area contributed by atoms with Crippen molar-refractivity contribution in [3.8, 4) is 0 Å². The van der Waals surface area contributed by atoms with E-state index in [0.717, 1.165) is 12.8 Å². The minimum Gasteiger partial charge on any atom is -0.389 e. The Morgan fingerprint density at radius 2 is 1.88 bits per heavy atom. The van der Waals surface area contributed by atoms with Gasteiger partial charge in [0, 0.05) is 11.3 Å². The Balaban J connectivity index is 2.18. The maximum atomic E-state index is 13.1. The summed E-state index contributed by atoms with van der Waals surface area (Å²) in [6.45, 7) is 7.24. The molecule has 26 heavy (non-hydrogen) atoms. The largest absolute Gasteiger partial charge is 0.389 e. The molecule has 1 aliphatic rings. The number of carbonyl (C=O) groups is 1. The van der Waals surface area contributed by atoms with Crippen molar-refractivity contribution >= 4 is 16.8 Å². The molecule has 1 aromatic carbocycles. The number of para-hydroxylation sites is 1. The summed E-state index contributed by atoms with van der Waals surface area (Å²) in [7, 11) is 0. The monoisotopic (exact) mass is 357 g/mol. The van der Waals surface area contributed by atoms with Gasteiger partial charge in [-0.15, -0.1) is 0 Å². The number of hydrogen-bond donors (Lipinski definition) is 2. The van der Waals surface area contributed by atoms with E-state index in [0.29, 0.717) is 29.6 Å². The highest BCUT2D eigenvalue weighted by atomic mass is 16.3. The van der Waals surface area contributed by atoms with Gasteiger partial charge in [0.05, 0.1) is 16.5 Å². The standard InChI is InChI=1S/C20H27N3O3/c1-13(20(26)11-7-8-12-20)16-21-15-10-6-5-9-14(15)17(24)23(16)22-18(25)19(2,3)4/h5-6,9-10,13,26H,7-8,11-12H2,1-4H3,(H,22,25). The van der Waals surface area contributed by atoms with E-state index < -0.39 is 11.0 Å². The molecule has 0 bridgehead atoms. The van der Waals surface area contributed by atoms with E-state index in [4.69, 9.17) is 0 Å². The first-order chi connectivity index (χ1) is 12.1. The molecule has 1 aliphatic carbocycles. The van der Waals surface area contributed by atoms with Crippen molar-refractivity contribution in [1.29, 1.82) is 0 Å². The number of aliphatic hydroxyl groups is 1. The molecular formula is C20H27N3O3. The maximum absolute atomic E-state index is 13.1. The molecule has 1 aromatic heterocycles. The third-order valence-corrected chi connectivity index (χ3v) is 5.36. The number of fused-ring (bicyclic) bond motifs is 1. The van der Waals surface area contributed by atoms with Crippen molar-refractivity contribution < 1.29 is 9.90 Å². The third-order valence-electron chi connectivity index (χ3n) is 5.36.